The van der Waals surface area contributed by atoms with E-state index in [4.69, 9.17) is 0 Å². The number of nitrogens with zero attached hydrogens (tertiary/aromatic N) is 1. The molecule has 110 valence electrons. The maximum atomic E-state index is 3.79. The van der Waals surface area contributed by atoms with Crippen molar-refractivity contribution in [2.24, 2.45) is 5.41 Å². The normalized spacial score (nSPS) is 29.4. The zero-order chi connectivity index (χ0) is 14.2. The molecule has 1 N–H and O–H groups in total. The summed E-state index contributed by atoms with van der Waals surface area (Å²) in [6, 6.07) is 10.3. The third-order valence-electron chi connectivity index (χ3n) is 5.31. The highest BCUT2D eigenvalue weighted by Gasteiger charge is 2.42. The lowest BCUT2D eigenvalue weighted by Gasteiger charge is -2.48. The summed E-state index contributed by atoms with van der Waals surface area (Å²) in [5.41, 5.74) is 3.48. The number of likely N-dealkylation sites (N-methyl/N-ethyl adjacent to an activating group) is 1. The Balaban J connectivity index is 1.79. The maximum absolute atomic E-state index is 3.79. The second-order valence-corrected chi connectivity index (χ2v) is 7.16. The van der Waals surface area contributed by atoms with Gasteiger partial charge in [0.2, 0.25) is 0 Å². The highest BCUT2D eigenvalue weighted by atomic mass is 15.2. The fourth-order valence-electron chi connectivity index (χ4n) is 4.23. The van der Waals surface area contributed by atoms with Crippen LogP contribution in [0, 0.1) is 5.41 Å². The predicted molar refractivity (Wildman–Crippen MR) is 84.6 cm³/mol. The average Bonchev–Trinajstić information content (AvgIpc) is 2.84. The van der Waals surface area contributed by atoms with Crippen LogP contribution in [-0.4, -0.2) is 23.5 Å². The molecule has 1 aromatic carbocycles. The van der Waals surface area contributed by atoms with Crippen molar-refractivity contribution < 1.29 is 0 Å². The fourth-order valence-corrected chi connectivity index (χ4v) is 4.23. The lowest BCUT2D eigenvalue weighted by atomic mass is 9.70. The zero-order valence-corrected chi connectivity index (χ0v) is 13.2. The molecule has 2 nitrogen and oxygen atoms in total. The van der Waals surface area contributed by atoms with Crippen molar-refractivity contribution in [3.8, 4) is 0 Å². The summed E-state index contributed by atoms with van der Waals surface area (Å²) < 4.78 is 0. The Hall–Kier alpha value is -0.860. The summed E-state index contributed by atoms with van der Waals surface area (Å²) in [4.78, 5) is 2.71. The van der Waals surface area contributed by atoms with Gasteiger partial charge in [-0.15, -0.1) is 0 Å². The summed E-state index contributed by atoms with van der Waals surface area (Å²) in [5.74, 6) is 0. The van der Waals surface area contributed by atoms with E-state index in [1.165, 1.54) is 30.4 Å². The van der Waals surface area contributed by atoms with Gasteiger partial charge in [0, 0.05) is 25.2 Å². The lowest BCUT2D eigenvalue weighted by molar-refractivity contribution is 0.0469. The largest absolute Gasteiger partial charge is 0.312 e. The summed E-state index contributed by atoms with van der Waals surface area (Å²) in [6.07, 6.45) is 4.06. The number of benzene rings is 1. The Morgan fingerprint density at radius 3 is 2.45 bits per heavy atom. The van der Waals surface area contributed by atoms with Crippen LogP contribution in [0.25, 0.3) is 0 Å². The average molecular weight is 272 g/mol. The Kier molecular flexibility index (Phi) is 3.87. The van der Waals surface area contributed by atoms with Gasteiger partial charge in [0.15, 0.2) is 0 Å². The van der Waals surface area contributed by atoms with Crippen molar-refractivity contribution in [3.05, 3.63) is 35.4 Å². The van der Waals surface area contributed by atoms with Crippen molar-refractivity contribution in [1.82, 2.24) is 10.2 Å². The van der Waals surface area contributed by atoms with Crippen molar-refractivity contribution >= 4 is 0 Å². The van der Waals surface area contributed by atoms with Gasteiger partial charge < -0.3 is 5.32 Å². The van der Waals surface area contributed by atoms with Crippen LogP contribution in [0.1, 0.15) is 51.2 Å². The van der Waals surface area contributed by atoms with E-state index in [9.17, 15) is 0 Å². The summed E-state index contributed by atoms with van der Waals surface area (Å²) in [7, 11) is 0. The van der Waals surface area contributed by atoms with Gasteiger partial charge in [0.05, 0.1) is 0 Å². The second kappa shape index (κ2) is 5.50. The molecule has 1 saturated carbocycles. The van der Waals surface area contributed by atoms with Gasteiger partial charge in [-0.1, -0.05) is 51.5 Å². The molecule has 1 fully saturated rings. The van der Waals surface area contributed by atoms with Crippen molar-refractivity contribution in [1.29, 1.82) is 0 Å². The monoisotopic (exact) mass is 272 g/mol. The van der Waals surface area contributed by atoms with Gasteiger partial charge in [-0.25, -0.2) is 0 Å². The molecule has 0 spiro atoms. The van der Waals surface area contributed by atoms with Crippen LogP contribution in [0.5, 0.6) is 0 Å². The number of nitrogens with one attached hydrogen (secondary N) is 1. The second-order valence-electron chi connectivity index (χ2n) is 7.16. The molecule has 0 amide bonds. The highest BCUT2D eigenvalue weighted by molar-refractivity contribution is 5.30. The van der Waals surface area contributed by atoms with Crippen LogP contribution in [0.15, 0.2) is 24.3 Å². The first-order chi connectivity index (χ1) is 9.62. The zero-order valence-electron chi connectivity index (χ0n) is 13.2. The molecule has 2 aliphatic rings. The van der Waals surface area contributed by atoms with Gasteiger partial charge in [-0.05, 0) is 35.9 Å². The number of rotatable bonds is 3. The molecule has 20 heavy (non-hydrogen) atoms. The minimum absolute atomic E-state index is 0.410. The van der Waals surface area contributed by atoms with Crippen molar-refractivity contribution in [2.45, 2.75) is 65.2 Å². The molecular formula is C18H28N2. The molecule has 2 atom stereocenters. The van der Waals surface area contributed by atoms with Gasteiger partial charge >= 0.3 is 0 Å². The van der Waals surface area contributed by atoms with Gasteiger partial charge in [0.25, 0.3) is 0 Å². The molecule has 0 radical (unpaired) electrons. The maximum Gasteiger partial charge on any atom is 0.0274 e. The van der Waals surface area contributed by atoms with Crippen LogP contribution in [0.3, 0.4) is 0 Å². The smallest absolute Gasteiger partial charge is 0.0274 e. The number of hydrogen-bond donors (Lipinski definition) is 1. The molecule has 0 aromatic heterocycles. The Morgan fingerprint density at radius 1 is 1.20 bits per heavy atom. The van der Waals surface area contributed by atoms with Gasteiger partial charge in [0.1, 0.15) is 0 Å². The van der Waals surface area contributed by atoms with E-state index in [0.29, 0.717) is 17.5 Å². The Bertz CT molecular complexity index is 441. The minimum atomic E-state index is 0.410. The first kappa shape index (κ1) is 14.1. The van der Waals surface area contributed by atoms with Crippen LogP contribution in [0.2, 0.25) is 0 Å². The Labute approximate surface area is 123 Å². The first-order valence-corrected chi connectivity index (χ1v) is 8.16. The number of hydrogen-bond acceptors (Lipinski definition) is 2. The third-order valence-corrected chi connectivity index (χ3v) is 5.31. The number of fused-ring (bicyclic) bond motifs is 1. The molecule has 1 heterocycles. The first-order valence-electron chi connectivity index (χ1n) is 8.16. The van der Waals surface area contributed by atoms with E-state index in [-0.39, 0.29) is 0 Å². The molecular weight excluding hydrogens is 244 g/mol. The predicted octanol–water partition coefficient (Wildman–Crippen LogP) is 3.56. The van der Waals surface area contributed by atoms with Gasteiger partial charge in [-0.2, -0.15) is 0 Å². The summed E-state index contributed by atoms with van der Waals surface area (Å²) >= 11 is 0. The quantitative estimate of drug-likeness (QED) is 0.905. The van der Waals surface area contributed by atoms with Crippen molar-refractivity contribution in [3.63, 3.8) is 0 Å². The summed E-state index contributed by atoms with van der Waals surface area (Å²) in [6.45, 7) is 10.5. The van der Waals surface area contributed by atoms with Gasteiger partial charge in [-0.3, -0.25) is 4.90 Å². The van der Waals surface area contributed by atoms with E-state index in [2.05, 4.69) is 55.3 Å². The topological polar surface area (TPSA) is 15.3 Å². The standard InChI is InChI=1S/C18H28N2/c1-4-19-17-16(10-7-11-18(17,2)3)20-12-14-8-5-6-9-15(14)13-20/h5-6,8-9,16-17,19H,4,7,10-13H2,1-3H3. The van der Waals surface area contributed by atoms with Crippen LogP contribution in [0.4, 0.5) is 0 Å². The summed E-state index contributed by atoms with van der Waals surface area (Å²) in [5, 5.41) is 3.79. The molecule has 0 bridgehead atoms. The van der Waals surface area contributed by atoms with E-state index >= 15 is 0 Å². The van der Waals surface area contributed by atoms with Crippen molar-refractivity contribution in [2.75, 3.05) is 6.54 Å². The van der Waals surface area contributed by atoms with Crippen LogP contribution < -0.4 is 5.32 Å². The van der Waals surface area contributed by atoms with Crippen LogP contribution >= 0.6 is 0 Å². The highest BCUT2D eigenvalue weighted by Crippen LogP contribution is 2.40. The minimum Gasteiger partial charge on any atom is -0.312 e. The Morgan fingerprint density at radius 2 is 1.85 bits per heavy atom. The molecule has 1 aliphatic heterocycles. The van der Waals surface area contributed by atoms with Crippen LogP contribution in [-0.2, 0) is 13.1 Å². The lowest BCUT2D eigenvalue weighted by Crippen LogP contribution is -2.57. The van der Waals surface area contributed by atoms with E-state index < -0.39 is 0 Å². The molecule has 3 rings (SSSR count). The SMILES string of the molecule is CCNC1C(N2Cc3ccccc3C2)CCCC1(C)C. The molecule has 1 aromatic rings. The molecule has 1 aliphatic carbocycles. The third kappa shape index (κ3) is 2.51. The van der Waals surface area contributed by atoms with E-state index in [1.807, 2.05) is 0 Å². The van der Waals surface area contributed by atoms with E-state index in [0.717, 1.165) is 19.6 Å². The van der Waals surface area contributed by atoms with E-state index in [1.54, 1.807) is 0 Å². The fraction of sp³-hybridized carbons (Fsp3) is 0.667. The molecule has 2 unspecified atom stereocenters. The molecule has 2 heteroatoms. The molecule has 0 saturated heterocycles.